The van der Waals surface area contributed by atoms with Crippen LogP contribution in [0.1, 0.15) is 83.9 Å². The first-order chi connectivity index (χ1) is 17.6. The van der Waals surface area contributed by atoms with Crippen LogP contribution in [0.5, 0.6) is 0 Å². The number of hydrogen-bond acceptors (Lipinski definition) is 6. The fourth-order valence-corrected chi connectivity index (χ4v) is 6.90. The highest BCUT2D eigenvalue weighted by atomic mass is 31.2. The zero-order chi connectivity index (χ0) is 28.6. The quantitative estimate of drug-likeness (QED) is 0.235. The van der Waals surface area contributed by atoms with Crippen molar-refractivity contribution in [1.82, 2.24) is 0 Å². The molecule has 6 nitrogen and oxygen atoms in total. The maximum atomic E-state index is 14.5. The Kier molecular flexibility index (Phi) is 8.42. The van der Waals surface area contributed by atoms with E-state index in [9.17, 15) is 24.1 Å². The number of aryl methyl sites for hydroxylation is 6. The van der Waals surface area contributed by atoms with Gasteiger partial charge in [-0.2, -0.15) is 0 Å². The number of ketones is 1. The van der Waals surface area contributed by atoms with Gasteiger partial charge in [-0.3, -0.25) is 18.9 Å². The lowest BCUT2D eigenvalue weighted by Gasteiger charge is -2.21. The van der Waals surface area contributed by atoms with Gasteiger partial charge >= 0.3 is 7.37 Å². The van der Waals surface area contributed by atoms with E-state index in [4.69, 9.17) is 4.52 Å². The van der Waals surface area contributed by atoms with Crippen LogP contribution in [0, 0.1) is 41.5 Å². The molecule has 0 radical (unpaired) electrons. The lowest BCUT2D eigenvalue weighted by atomic mass is 9.96. The molecule has 0 unspecified atom stereocenters. The van der Waals surface area contributed by atoms with Gasteiger partial charge in [0.1, 0.15) is 5.60 Å². The molecule has 0 heterocycles. The maximum Gasteiger partial charge on any atom is 0.340 e. The largest absolute Gasteiger partial charge is 0.382 e. The van der Waals surface area contributed by atoms with Crippen molar-refractivity contribution in [3.8, 4) is 0 Å². The van der Waals surface area contributed by atoms with Crippen molar-refractivity contribution in [1.29, 1.82) is 0 Å². The summed E-state index contributed by atoms with van der Waals surface area (Å²) in [6, 6.07) is 13.5. The number of carbonyl (C=O) groups is 3. The van der Waals surface area contributed by atoms with E-state index in [0.29, 0.717) is 27.8 Å². The fourth-order valence-electron chi connectivity index (χ4n) is 4.86. The van der Waals surface area contributed by atoms with Crippen molar-refractivity contribution < 1.29 is 28.6 Å². The smallest absolute Gasteiger partial charge is 0.340 e. The molecule has 0 saturated carbocycles. The number of Topliss-reactive ketones (excluding diaryl/α,β-unsaturated/α-hetero) is 1. The van der Waals surface area contributed by atoms with E-state index in [1.54, 1.807) is 45.9 Å². The number of carbonyl (C=O) groups excluding carboxylic acids is 3. The molecule has 0 aliphatic heterocycles. The molecular weight excluding hydrogens is 499 g/mol. The van der Waals surface area contributed by atoms with Gasteiger partial charge in [-0.15, -0.1) is 0 Å². The van der Waals surface area contributed by atoms with Gasteiger partial charge in [-0.25, -0.2) is 0 Å². The molecule has 0 aliphatic rings. The van der Waals surface area contributed by atoms with E-state index in [1.165, 1.54) is 19.9 Å². The second kappa shape index (κ2) is 10.9. The predicted octanol–water partition coefficient (Wildman–Crippen LogP) is 6.97. The van der Waals surface area contributed by atoms with Crippen molar-refractivity contribution in [3.63, 3.8) is 0 Å². The van der Waals surface area contributed by atoms with E-state index in [-0.39, 0.29) is 23.3 Å². The Morgan fingerprint density at radius 3 is 1.58 bits per heavy atom. The van der Waals surface area contributed by atoms with Crippen LogP contribution in [0.15, 0.2) is 48.5 Å². The van der Waals surface area contributed by atoms with E-state index >= 15 is 0 Å². The number of aliphatic hydroxyl groups is 1. The summed E-state index contributed by atoms with van der Waals surface area (Å²) in [5, 5.41) is 10.1. The standard InChI is InChI=1S/C31H35O6P/c1-18-12-20(3)26(21(4)13-18)29(33)38(36,30(34)27-22(5)14-19(2)15-23(27)6)37-17-24-10-9-11-25(16-24)28(32)31(7,8)35/h9-16,35H,17H2,1-8H3. The summed E-state index contributed by atoms with van der Waals surface area (Å²) >= 11 is 0. The molecule has 0 amide bonds. The highest BCUT2D eigenvalue weighted by molar-refractivity contribution is 7.91. The van der Waals surface area contributed by atoms with Crippen LogP contribution in [0.3, 0.4) is 0 Å². The fraction of sp³-hybridized carbons (Fsp3) is 0.323. The van der Waals surface area contributed by atoms with Crippen molar-refractivity contribution in [2.75, 3.05) is 0 Å². The summed E-state index contributed by atoms with van der Waals surface area (Å²) in [5.74, 6) is -0.494. The number of rotatable bonds is 9. The molecular formula is C31H35O6P. The molecule has 0 bridgehead atoms. The van der Waals surface area contributed by atoms with Crippen LogP contribution in [0.4, 0.5) is 0 Å². The number of benzene rings is 3. The van der Waals surface area contributed by atoms with Crippen LogP contribution in [0.2, 0.25) is 0 Å². The van der Waals surface area contributed by atoms with E-state index in [0.717, 1.165) is 11.1 Å². The molecule has 0 aliphatic carbocycles. The van der Waals surface area contributed by atoms with E-state index in [1.807, 2.05) is 38.1 Å². The Labute approximate surface area is 224 Å². The third-order valence-corrected chi connectivity index (χ3v) is 8.48. The minimum absolute atomic E-state index is 0.209. The van der Waals surface area contributed by atoms with E-state index < -0.39 is 29.8 Å². The third kappa shape index (κ3) is 5.94. The lowest BCUT2D eigenvalue weighted by molar-refractivity contribution is 0.0488. The van der Waals surface area contributed by atoms with Crippen LogP contribution < -0.4 is 0 Å². The Morgan fingerprint density at radius 2 is 1.18 bits per heavy atom. The first-order valence-corrected chi connectivity index (χ1v) is 14.0. The van der Waals surface area contributed by atoms with Gasteiger partial charge in [0.2, 0.25) is 0 Å². The summed E-state index contributed by atoms with van der Waals surface area (Å²) in [4.78, 5) is 40.5. The van der Waals surface area contributed by atoms with Gasteiger partial charge in [0.25, 0.3) is 11.0 Å². The van der Waals surface area contributed by atoms with Gasteiger partial charge in [-0.05, 0) is 89.3 Å². The molecule has 7 heteroatoms. The summed E-state index contributed by atoms with van der Waals surface area (Å²) in [7, 11) is -4.63. The lowest BCUT2D eigenvalue weighted by Crippen LogP contribution is -2.31. The van der Waals surface area contributed by atoms with Gasteiger partial charge in [-0.1, -0.05) is 53.6 Å². The minimum atomic E-state index is -4.63. The summed E-state index contributed by atoms with van der Waals surface area (Å²) in [6.07, 6.45) is 0. The summed E-state index contributed by atoms with van der Waals surface area (Å²) in [5.41, 5.74) is 2.15. The molecule has 0 fully saturated rings. The van der Waals surface area contributed by atoms with Crippen molar-refractivity contribution >= 4 is 24.2 Å². The molecule has 1 N–H and O–H groups in total. The molecule has 0 atom stereocenters. The minimum Gasteiger partial charge on any atom is -0.382 e. The highest BCUT2D eigenvalue weighted by Gasteiger charge is 2.45. The second-order valence-electron chi connectivity index (χ2n) is 10.6. The normalized spacial score (nSPS) is 11.9. The van der Waals surface area contributed by atoms with Crippen LogP contribution in [-0.4, -0.2) is 27.5 Å². The van der Waals surface area contributed by atoms with Gasteiger partial charge in [0.15, 0.2) is 5.78 Å². The maximum absolute atomic E-state index is 14.5. The highest BCUT2D eigenvalue weighted by Crippen LogP contribution is 2.55. The monoisotopic (exact) mass is 534 g/mol. The van der Waals surface area contributed by atoms with Crippen molar-refractivity contribution in [3.05, 3.63) is 104 Å². The first kappa shape index (κ1) is 29.4. The topological polar surface area (TPSA) is 97.7 Å². The third-order valence-electron chi connectivity index (χ3n) is 6.47. The average molecular weight is 535 g/mol. The van der Waals surface area contributed by atoms with Crippen molar-refractivity contribution in [2.24, 2.45) is 0 Å². The van der Waals surface area contributed by atoms with E-state index in [2.05, 4.69) is 0 Å². The molecule has 200 valence electrons. The molecule has 38 heavy (non-hydrogen) atoms. The van der Waals surface area contributed by atoms with Crippen molar-refractivity contribution in [2.45, 2.75) is 67.6 Å². The SMILES string of the molecule is Cc1cc(C)c(C(=O)P(=O)(OCc2cccc(C(=O)C(C)(C)O)c2)C(=O)c2c(C)cc(C)cc2C)c(C)c1. The summed E-state index contributed by atoms with van der Waals surface area (Å²) < 4.78 is 20.3. The molecule has 0 aromatic heterocycles. The molecule has 3 aromatic carbocycles. The Balaban J connectivity index is 2.12. The van der Waals surface area contributed by atoms with Gasteiger partial charge < -0.3 is 9.63 Å². The van der Waals surface area contributed by atoms with Gasteiger partial charge in [0, 0.05) is 16.7 Å². The van der Waals surface area contributed by atoms with Crippen LogP contribution in [-0.2, 0) is 15.7 Å². The van der Waals surface area contributed by atoms with Crippen LogP contribution >= 0.6 is 7.37 Å². The zero-order valence-corrected chi connectivity index (χ0v) is 24.2. The first-order valence-electron chi connectivity index (χ1n) is 12.4. The second-order valence-corrected chi connectivity index (χ2v) is 12.7. The Bertz CT molecular complexity index is 1370. The molecule has 3 rings (SSSR count). The van der Waals surface area contributed by atoms with Crippen LogP contribution in [0.25, 0.3) is 0 Å². The summed E-state index contributed by atoms with van der Waals surface area (Å²) in [6.45, 7) is 13.2. The molecule has 0 saturated heterocycles. The average Bonchev–Trinajstić information content (AvgIpc) is 2.80. The Hall–Kier alpha value is -3.18. The predicted molar refractivity (Wildman–Crippen MR) is 149 cm³/mol. The number of hydrogen-bond donors (Lipinski definition) is 1. The molecule has 0 spiro atoms. The Morgan fingerprint density at radius 1 is 0.763 bits per heavy atom. The molecule has 3 aromatic rings. The van der Waals surface area contributed by atoms with Gasteiger partial charge in [0.05, 0.1) is 6.61 Å². The zero-order valence-electron chi connectivity index (χ0n) is 23.3.